The Kier molecular flexibility index (Phi) is 2.56. The molecule has 1 radical (unpaired) electrons. The predicted molar refractivity (Wildman–Crippen MR) is 53.9 cm³/mol. The number of pyridine rings is 2. The summed E-state index contributed by atoms with van der Waals surface area (Å²) >= 11 is 0. The van der Waals surface area contributed by atoms with Gasteiger partial charge in [0.15, 0.2) is 0 Å². The second-order valence-corrected chi connectivity index (χ2v) is 2.65. The standard InChI is InChI=1S/C10H9N4/c1-2-7-12-10(5-1)14-13-9-4-3-6-11-8-9/h1-8H,(H,12,14). The van der Waals surface area contributed by atoms with Gasteiger partial charge in [0.2, 0.25) is 0 Å². The van der Waals surface area contributed by atoms with Gasteiger partial charge in [-0.25, -0.2) is 4.98 Å². The molecule has 0 bridgehead atoms. The molecule has 1 N–H and O–H groups in total. The summed E-state index contributed by atoms with van der Waals surface area (Å²) in [4.78, 5) is 8.01. The van der Waals surface area contributed by atoms with Crippen LogP contribution in [0.4, 0.5) is 11.5 Å². The Morgan fingerprint density at radius 2 is 2.07 bits per heavy atom. The predicted octanol–water partition coefficient (Wildman–Crippen LogP) is 1.74. The Balaban J connectivity index is 1.96. The Morgan fingerprint density at radius 3 is 2.79 bits per heavy atom. The van der Waals surface area contributed by atoms with Crippen molar-refractivity contribution in [2.75, 3.05) is 5.43 Å². The van der Waals surface area contributed by atoms with E-state index in [1.54, 1.807) is 18.6 Å². The largest absolute Gasteiger partial charge is 0.262 e. The summed E-state index contributed by atoms with van der Waals surface area (Å²) in [6.07, 6.45) is 5.09. The van der Waals surface area contributed by atoms with Crippen molar-refractivity contribution in [3.63, 3.8) is 0 Å². The molecule has 0 aliphatic heterocycles. The molecule has 2 aromatic heterocycles. The SMILES string of the molecule is c1ccc(N[N]c2cccnc2)nc1. The molecular formula is C10H9N4. The Bertz CT molecular complexity index is 334. The number of hydrogen-bond acceptors (Lipinski definition) is 3. The molecular weight excluding hydrogens is 176 g/mol. The second kappa shape index (κ2) is 4.23. The van der Waals surface area contributed by atoms with Gasteiger partial charge >= 0.3 is 0 Å². The van der Waals surface area contributed by atoms with E-state index in [1.807, 2.05) is 30.3 Å². The van der Waals surface area contributed by atoms with E-state index < -0.39 is 0 Å². The zero-order valence-corrected chi connectivity index (χ0v) is 7.46. The van der Waals surface area contributed by atoms with Gasteiger partial charge < -0.3 is 0 Å². The minimum Gasteiger partial charge on any atom is -0.262 e. The highest BCUT2D eigenvalue weighted by molar-refractivity contribution is 5.38. The summed E-state index contributed by atoms with van der Waals surface area (Å²) in [6, 6.07) is 9.30. The van der Waals surface area contributed by atoms with E-state index in [9.17, 15) is 0 Å². The highest BCUT2D eigenvalue weighted by Gasteiger charge is 1.93. The smallest absolute Gasteiger partial charge is 0.146 e. The number of rotatable bonds is 3. The highest BCUT2D eigenvalue weighted by Crippen LogP contribution is 2.04. The fourth-order valence-electron chi connectivity index (χ4n) is 0.971. The Hall–Kier alpha value is -2.10. The van der Waals surface area contributed by atoms with Gasteiger partial charge in [-0.3, -0.25) is 10.4 Å². The van der Waals surface area contributed by atoms with Crippen molar-refractivity contribution in [3.05, 3.63) is 48.9 Å². The van der Waals surface area contributed by atoms with Crippen molar-refractivity contribution < 1.29 is 0 Å². The monoisotopic (exact) mass is 185 g/mol. The number of nitrogens with one attached hydrogen (secondary N) is 1. The van der Waals surface area contributed by atoms with Crippen LogP contribution in [0.15, 0.2) is 48.9 Å². The van der Waals surface area contributed by atoms with Crippen molar-refractivity contribution in [2.24, 2.45) is 0 Å². The Labute approximate surface area is 82.0 Å². The average Bonchev–Trinajstić information content (AvgIpc) is 2.29. The first-order chi connectivity index (χ1) is 6.95. The van der Waals surface area contributed by atoms with Crippen molar-refractivity contribution in [3.8, 4) is 0 Å². The maximum absolute atomic E-state index is 4.10. The van der Waals surface area contributed by atoms with E-state index in [1.165, 1.54) is 0 Å². The van der Waals surface area contributed by atoms with Crippen LogP contribution in [-0.2, 0) is 0 Å². The number of hydrogen-bond donors (Lipinski definition) is 1. The van der Waals surface area contributed by atoms with Crippen LogP contribution in [0.2, 0.25) is 0 Å². The molecule has 4 nitrogen and oxygen atoms in total. The third-order valence-electron chi connectivity index (χ3n) is 1.61. The summed E-state index contributed by atoms with van der Waals surface area (Å²) in [5.41, 5.74) is 7.71. The lowest BCUT2D eigenvalue weighted by Crippen LogP contribution is -2.08. The van der Waals surface area contributed by atoms with Crippen LogP contribution in [0, 0.1) is 0 Å². The van der Waals surface area contributed by atoms with Crippen LogP contribution in [0.25, 0.3) is 0 Å². The molecule has 2 rings (SSSR count). The van der Waals surface area contributed by atoms with Crippen molar-refractivity contribution in [1.29, 1.82) is 0 Å². The quantitative estimate of drug-likeness (QED) is 0.741. The zero-order chi connectivity index (χ0) is 9.64. The van der Waals surface area contributed by atoms with Gasteiger partial charge in [0.1, 0.15) is 11.5 Å². The van der Waals surface area contributed by atoms with E-state index in [2.05, 4.69) is 20.8 Å². The molecule has 0 unspecified atom stereocenters. The topological polar surface area (TPSA) is 51.9 Å². The molecule has 2 heterocycles. The van der Waals surface area contributed by atoms with Gasteiger partial charge in [-0.05, 0) is 24.3 Å². The summed E-state index contributed by atoms with van der Waals surface area (Å²) < 4.78 is 0. The van der Waals surface area contributed by atoms with Gasteiger partial charge in [0, 0.05) is 12.4 Å². The first kappa shape index (κ1) is 8.50. The summed E-state index contributed by atoms with van der Waals surface area (Å²) in [6.45, 7) is 0. The van der Waals surface area contributed by atoms with Crippen LogP contribution in [0.3, 0.4) is 0 Å². The van der Waals surface area contributed by atoms with Crippen molar-refractivity contribution in [1.82, 2.24) is 15.4 Å². The molecule has 0 spiro atoms. The van der Waals surface area contributed by atoms with Crippen LogP contribution in [-0.4, -0.2) is 9.97 Å². The fraction of sp³-hybridized carbons (Fsp3) is 0. The van der Waals surface area contributed by atoms with Crippen molar-refractivity contribution in [2.45, 2.75) is 0 Å². The molecule has 69 valence electrons. The summed E-state index contributed by atoms with van der Waals surface area (Å²) in [5.74, 6) is 0.719. The molecule has 0 fully saturated rings. The molecule has 2 aromatic rings. The van der Waals surface area contributed by atoms with E-state index >= 15 is 0 Å². The maximum atomic E-state index is 4.10. The minimum absolute atomic E-state index is 0.719. The number of anilines is 1. The summed E-state index contributed by atoms with van der Waals surface area (Å²) in [5, 5.41) is 0. The van der Waals surface area contributed by atoms with E-state index in [4.69, 9.17) is 0 Å². The molecule has 0 aliphatic rings. The first-order valence-corrected chi connectivity index (χ1v) is 4.23. The normalized spacial score (nSPS) is 9.43. The molecule has 0 atom stereocenters. The third kappa shape index (κ3) is 2.20. The average molecular weight is 185 g/mol. The van der Waals surface area contributed by atoms with E-state index in [0.29, 0.717) is 0 Å². The molecule has 4 heteroatoms. The van der Waals surface area contributed by atoms with Crippen LogP contribution < -0.4 is 10.9 Å². The van der Waals surface area contributed by atoms with Gasteiger partial charge in [-0.15, -0.1) is 0 Å². The zero-order valence-electron chi connectivity index (χ0n) is 7.46. The molecule has 0 saturated carbocycles. The second-order valence-electron chi connectivity index (χ2n) is 2.65. The maximum Gasteiger partial charge on any atom is 0.146 e. The van der Waals surface area contributed by atoms with Gasteiger partial charge in [-0.2, -0.15) is 5.43 Å². The molecule has 0 saturated heterocycles. The minimum atomic E-state index is 0.719. The van der Waals surface area contributed by atoms with Gasteiger partial charge in [-0.1, -0.05) is 6.07 Å². The van der Waals surface area contributed by atoms with Gasteiger partial charge in [0.25, 0.3) is 0 Å². The van der Waals surface area contributed by atoms with E-state index in [0.717, 1.165) is 11.5 Å². The van der Waals surface area contributed by atoms with Crippen LogP contribution in [0.1, 0.15) is 0 Å². The number of nitrogens with zero attached hydrogens (tertiary/aromatic N) is 3. The van der Waals surface area contributed by atoms with Gasteiger partial charge in [0.05, 0.1) is 6.20 Å². The Morgan fingerprint density at radius 1 is 1.07 bits per heavy atom. The first-order valence-electron chi connectivity index (χ1n) is 4.23. The lowest BCUT2D eigenvalue weighted by atomic mass is 10.4. The fourth-order valence-corrected chi connectivity index (χ4v) is 0.971. The molecule has 0 aliphatic carbocycles. The van der Waals surface area contributed by atoms with Crippen LogP contribution in [0.5, 0.6) is 0 Å². The van der Waals surface area contributed by atoms with E-state index in [-0.39, 0.29) is 0 Å². The third-order valence-corrected chi connectivity index (χ3v) is 1.61. The molecule has 0 aromatic carbocycles. The van der Waals surface area contributed by atoms with Crippen molar-refractivity contribution >= 4 is 11.5 Å². The number of aromatic nitrogens is 2. The lowest BCUT2D eigenvalue weighted by molar-refractivity contribution is 1.01. The van der Waals surface area contributed by atoms with Crippen LogP contribution >= 0.6 is 0 Å². The summed E-state index contributed by atoms with van der Waals surface area (Å²) in [7, 11) is 0. The molecule has 0 amide bonds. The lowest BCUT2D eigenvalue weighted by Gasteiger charge is -2.03. The highest BCUT2D eigenvalue weighted by atomic mass is 15.4. The molecule has 14 heavy (non-hydrogen) atoms.